The fourth-order valence-corrected chi connectivity index (χ4v) is 2.31. The summed E-state index contributed by atoms with van der Waals surface area (Å²) in [7, 11) is 0. The van der Waals surface area contributed by atoms with Crippen LogP contribution < -0.4 is 10.1 Å². The van der Waals surface area contributed by atoms with E-state index >= 15 is 0 Å². The molecule has 0 atom stereocenters. The second kappa shape index (κ2) is 7.60. The van der Waals surface area contributed by atoms with Crippen LogP contribution in [0.25, 0.3) is 0 Å². The molecule has 0 saturated carbocycles. The van der Waals surface area contributed by atoms with E-state index in [0.717, 1.165) is 3.57 Å². The van der Waals surface area contributed by atoms with Gasteiger partial charge < -0.3 is 10.1 Å². The average Bonchev–Trinajstić information content (AvgIpc) is 2.48. The summed E-state index contributed by atoms with van der Waals surface area (Å²) in [5.41, 5.74) is 1.05. The van der Waals surface area contributed by atoms with Gasteiger partial charge in [-0.25, -0.2) is 0 Å². The molecule has 1 N–H and O–H groups in total. The Hall–Kier alpha value is -1.60. The van der Waals surface area contributed by atoms with Crippen LogP contribution in [0.15, 0.2) is 42.5 Å². The summed E-state index contributed by atoms with van der Waals surface area (Å²) >= 11 is 8.04. The zero-order chi connectivity index (χ0) is 16.1. The van der Waals surface area contributed by atoms with Gasteiger partial charge in [-0.05, 0) is 72.0 Å². The molecule has 114 valence electrons. The molecular weight excluding hydrogens is 417 g/mol. The fraction of sp³-hybridized carbons (Fsp3) is 0.125. The molecule has 2 rings (SSSR count). The Labute approximate surface area is 146 Å². The van der Waals surface area contributed by atoms with Gasteiger partial charge in [0.05, 0.1) is 5.56 Å². The molecule has 0 heterocycles. The molecule has 0 aliphatic heterocycles. The number of anilines is 1. The minimum absolute atomic E-state index is 0.171. The number of hydrogen-bond acceptors (Lipinski definition) is 3. The zero-order valence-corrected chi connectivity index (χ0v) is 14.6. The Balaban J connectivity index is 1.99. The van der Waals surface area contributed by atoms with Gasteiger partial charge in [-0.3, -0.25) is 9.59 Å². The lowest BCUT2D eigenvalue weighted by atomic mass is 10.1. The number of nitrogens with one attached hydrogen (secondary N) is 1. The normalized spacial score (nSPS) is 10.1. The Morgan fingerprint density at radius 2 is 1.86 bits per heavy atom. The monoisotopic (exact) mass is 429 g/mol. The summed E-state index contributed by atoms with van der Waals surface area (Å²) in [5.74, 6) is -0.129. The van der Waals surface area contributed by atoms with Gasteiger partial charge in [-0.15, -0.1) is 0 Å². The lowest BCUT2D eigenvalue weighted by molar-refractivity contribution is -0.118. The van der Waals surface area contributed by atoms with E-state index in [1.807, 2.05) is 24.3 Å². The number of Topliss-reactive ketones (excluding diaryl/α,β-unsaturated/α-hetero) is 1. The van der Waals surface area contributed by atoms with Crippen LogP contribution in [0.3, 0.4) is 0 Å². The van der Waals surface area contributed by atoms with E-state index in [9.17, 15) is 9.59 Å². The molecule has 0 spiro atoms. The van der Waals surface area contributed by atoms with Crippen LogP contribution in [-0.2, 0) is 4.79 Å². The molecule has 0 aliphatic rings. The highest BCUT2D eigenvalue weighted by molar-refractivity contribution is 14.1. The highest BCUT2D eigenvalue weighted by atomic mass is 127. The van der Waals surface area contributed by atoms with Crippen molar-refractivity contribution in [2.45, 2.75) is 6.92 Å². The molecule has 6 heteroatoms. The van der Waals surface area contributed by atoms with Crippen LogP contribution in [0, 0.1) is 3.57 Å². The summed E-state index contributed by atoms with van der Waals surface area (Å²) < 4.78 is 6.50. The van der Waals surface area contributed by atoms with Crippen molar-refractivity contribution in [1.82, 2.24) is 0 Å². The Morgan fingerprint density at radius 1 is 1.18 bits per heavy atom. The van der Waals surface area contributed by atoms with Gasteiger partial charge >= 0.3 is 0 Å². The Kier molecular flexibility index (Phi) is 5.79. The summed E-state index contributed by atoms with van der Waals surface area (Å²) in [6.07, 6.45) is 0. The fourth-order valence-electron chi connectivity index (χ4n) is 1.78. The standard InChI is InChI=1S/C16H13ClINO3/c1-10(20)14-8-11(17)2-7-15(14)22-9-16(21)19-13-5-3-12(18)4-6-13/h2-8H,9H2,1H3,(H,19,21). The lowest BCUT2D eigenvalue weighted by Crippen LogP contribution is -2.20. The van der Waals surface area contributed by atoms with Crippen molar-refractivity contribution in [2.24, 2.45) is 0 Å². The zero-order valence-electron chi connectivity index (χ0n) is 11.7. The second-order valence-electron chi connectivity index (χ2n) is 4.54. The maximum Gasteiger partial charge on any atom is 0.262 e. The van der Waals surface area contributed by atoms with Crippen molar-refractivity contribution >= 4 is 51.6 Å². The number of hydrogen-bond donors (Lipinski definition) is 1. The number of benzene rings is 2. The van der Waals surface area contributed by atoms with Gasteiger partial charge in [-0.1, -0.05) is 11.6 Å². The molecule has 0 fully saturated rings. The molecule has 0 bridgehead atoms. The topological polar surface area (TPSA) is 55.4 Å². The first kappa shape index (κ1) is 16.8. The minimum Gasteiger partial charge on any atom is -0.483 e. The van der Waals surface area contributed by atoms with Crippen LogP contribution in [-0.4, -0.2) is 18.3 Å². The maximum absolute atomic E-state index is 11.9. The molecule has 0 unspecified atom stereocenters. The number of carbonyl (C=O) groups excluding carboxylic acids is 2. The van der Waals surface area contributed by atoms with Crippen LogP contribution in [0.4, 0.5) is 5.69 Å². The molecule has 0 aliphatic carbocycles. The van der Waals surface area contributed by atoms with E-state index in [-0.39, 0.29) is 18.3 Å². The number of halogens is 2. The summed E-state index contributed by atoms with van der Waals surface area (Å²) in [6, 6.07) is 12.1. The summed E-state index contributed by atoms with van der Waals surface area (Å²) in [5, 5.41) is 3.17. The molecule has 22 heavy (non-hydrogen) atoms. The first-order chi connectivity index (χ1) is 10.5. The summed E-state index contributed by atoms with van der Waals surface area (Å²) in [6.45, 7) is 1.23. The molecule has 2 aromatic rings. The molecule has 1 amide bonds. The molecule has 0 aromatic heterocycles. The Morgan fingerprint density at radius 3 is 2.50 bits per heavy atom. The summed E-state index contributed by atoms with van der Waals surface area (Å²) in [4.78, 5) is 23.4. The number of ether oxygens (including phenoxy) is 1. The molecular formula is C16H13ClINO3. The van der Waals surface area contributed by atoms with Crippen LogP contribution >= 0.6 is 34.2 Å². The molecule has 2 aromatic carbocycles. The van der Waals surface area contributed by atoms with Crippen molar-refractivity contribution in [2.75, 3.05) is 11.9 Å². The van der Waals surface area contributed by atoms with Gasteiger partial charge in [0.15, 0.2) is 12.4 Å². The molecule has 0 saturated heterocycles. The molecule has 4 nitrogen and oxygen atoms in total. The van der Waals surface area contributed by atoms with Crippen molar-refractivity contribution in [1.29, 1.82) is 0 Å². The van der Waals surface area contributed by atoms with Crippen molar-refractivity contribution < 1.29 is 14.3 Å². The SMILES string of the molecule is CC(=O)c1cc(Cl)ccc1OCC(=O)Nc1ccc(I)cc1. The van der Waals surface area contributed by atoms with E-state index in [2.05, 4.69) is 27.9 Å². The van der Waals surface area contributed by atoms with E-state index < -0.39 is 0 Å². The van der Waals surface area contributed by atoms with Gasteiger partial charge in [0.2, 0.25) is 0 Å². The van der Waals surface area contributed by atoms with Crippen molar-refractivity contribution in [3.63, 3.8) is 0 Å². The quantitative estimate of drug-likeness (QED) is 0.573. The second-order valence-corrected chi connectivity index (χ2v) is 6.22. The third-order valence-electron chi connectivity index (χ3n) is 2.81. The van der Waals surface area contributed by atoms with Gasteiger partial charge in [0.25, 0.3) is 5.91 Å². The van der Waals surface area contributed by atoms with E-state index in [1.54, 1.807) is 12.1 Å². The number of ketones is 1. The van der Waals surface area contributed by atoms with Crippen molar-refractivity contribution in [3.8, 4) is 5.75 Å². The molecule has 0 radical (unpaired) electrons. The maximum atomic E-state index is 11.9. The Bertz CT molecular complexity index is 701. The predicted molar refractivity (Wildman–Crippen MR) is 94.7 cm³/mol. The van der Waals surface area contributed by atoms with E-state index in [4.69, 9.17) is 16.3 Å². The highest BCUT2D eigenvalue weighted by Gasteiger charge is 2.11. The number of carbonyl (C=O) groups is 2. The predicted octanol–water partition coefficient (Wildman–Crippen LogP) is 4.16. The van der Waals surface area contributed by atoms with E-state index in [0.29, 0.717) is 22.0 Å². The minimum atomic E-state index is -0.300. The largest absolute Gasteiger partial charge is 0.483 e. The van der Waals surface area contributed by atoms with Crippen LogP contribution in [0.2, 0.25) is 5.02 Å². The van der Waals surface area contributed by atoms with Crippen LogP contribution in [0.1, 0.15) is 17.3 Å². The number of rotatable bonds is 5. The van der Waals surface area contributed by atoms with Gasteiger partial charge in [-0.2, -0.15) is 0 Å². The van der Waals surface area contributed by atoms with Gasteiger partial charge in [0.1, 0.15) is 5.75 Å². The number of amides is 1. The van der Waals surface area contributed by atoms with Crippen LogP contribution in [0.5, 0.6) is 5.75 Å². The van der Waals surface area contributed by atoms with Crippen molar-refractivity contribution in [3.05, 3.63) is 56.6 Å². The van der Waals surface area contributed by atoms with Gasteiger partial charge in [0, 0.05) is 14.3 Å². The average molecular weight is 430 g/mol. The smallest absolute Gasteiger partial charge is 0.262 e. The first-order valence-electron chi connectivity index (χ1n) is 6.44. The highest BCUT2D eigenvalue weighted by Crippen LogP contribution is 2.23. The third-order valence-corrected chi connectivity index (χ3v) is 3.76. The van der Waals surface area contributed by atoms with E-state index in [1.165, 1.54) is 13.0 Å². The first-order valence-corrected chi connectivity index (χ1v) is 7.90. The lowest BCUT2D eigenvalue weighted by Gasteiger charge is -2.10. The third kappa shape index (κ3) is 4.71.